The van der Waals surface area contributed by atoms with Gasteiger partial charge in [-0.1, -0.05) is 17.9 Å². The van der Waals surface area contributed by atoms with Crippen LogP contribution in [0.3, 0.4) is 0 Å². The maximum absolute atomic E-state index is 12.3. The lowest BCUT2D eigenvalue weighted by Gasteiger charge is -2.16. The maximum Gasteiger partial charge on any atom is 0.252 e. The molecule has 0 aliphatic heterocycles. The standard InChI is InChI=1S/C13H15F2NO3S/c1-16(10-13(14)15)20(18,19)12-7-4-6-11(9-12)5-2-3-8-17/h4,6-7,9,13,17H,3,8,10H2,1H3. The average Bonchev–Trinajstić information content (AvgIpc) is 2.38. The highest BCUT2D eigenvalue weighted by Gasteiger charge is 2.23. The molecular weight excluding hydrogens is 288 g/mol. The van der Waals surface area contributed by atoms with Crippen molar-refractivity contribution >= 4 is 10.0 Å². The van der Waals surface area contributed by atoms with Gasteiger partial charge in [0.2, 0.25) is 10.0 Å². The van der Waals surface area contributed by atoms with Gasteiger partial charge in [-0.2, -0.15) is 4.31 Å². The van der Waals surface area contributed by atoms with E-state index in [9.17, 15) is 17.2 Å². The number of aliphatic hydroxyl groups excluding tert-OH is 1. The van der Waals surface area contributed by atoms with Crippen molar-refractivity contribution < 1.29 is 22.3 Å². The van der Waals surface area contributed by atoms with Gasteiger partial charge in [-0.05, 0) is 18.2 Å². The highest BCUT2D eigenvalue weighted by Crippen LogP contribution is 2.16. The van der Waals surface area contributed by atoms with Crippen LogP contribution in [0.2, 0.25) is 0 Å². The molecule has 0 heterocycles. The summed E-state index contributed by atoms with van der Waals surface area (Å²) in [6.07, 6.45) is -2.45. The minimum absolute atomic E-state index is 0.0812. The van der Waals surface area contributed by atoms with Crippen LogP contribution in [0.5, 0.6) is 0 Å². The van der Waals surface area contributed by atoms with E-state index in [2.05, 4.69) is 11.8 Å². The lowest BCUT2D eigenvalue weighted by molar-refractivity contribution is 0.126. The van der Waals surface area contributed by atoms with Gasteiger partial charge in [0.1, 0.15) is 0 Å². The maximum atomic E-state index is 12.3. The van der Waals surface area contributed by atoms with E-state index in [1.54, 1.807) is 6.07 Å². The number of alkyl halides is 2. The monoisotopic (exact) mass is 303 g/mol. The van der Waals surface area contributed by atoms with Crippen molar-refractivity contribution in [2.75, 3.05) is 20.2 Å². The van der Waals surface area contributed by atoms with Gasteiger partial charge >= 0.3 is 0 Å². The fourth-order valence-corrected chi connectivity index (χ4v) is 2.62. The van der Waals surface area contributed by atoms with E-state index in [0.29, 0.717) is 9.87 Å². The number of aliphatic hydroxyl groups is 1. The SMILES string of the molecule is CN(CC(F)F)S(=O)(=O)c1cccc(C#CCCO)c1. The van der Waals surface area contributed by atoms with Gasteiger partial charge in [-0.25, -0.2) is 17.2 Å². The van der Waals surface area contributed by atoms with Gasteiger partial charge in [0.15, 0.2) is 0 Å². The highest BCUT2D eigenvalue weighted by molar-refractivity contribution is 7.89. The van der Waals surface area contributed by atoms with E-state index >= 15 is 0 Å². The second kappa shape index (κ2) is 7.33. The van der Waals surface area contributed by atoms with Crippen molar-refractivity contribution in [3.05, 3.63) is 29.8 Å². The zero-order valence-corrected chi connectivity index (χ0v) is 11.7. The van der Waals surface area contributed by atoms with Crippen LogP contribution in [-0.2, 0) is 10.0 Å². The third-order valence-corrected chi connectivity index (χ3v) is 4.23. The fraction of sp³-hybridized carbons (Fsp3) is 0.385. The van der Waals surface area contributed by atoms with Crippen LogP contribution in [0, 0.1) is 11.8 Å². The van der Waals surface area contributed by atoms with Crippen LogP contribution in [0.1, 0.15) is 12.0 Å². The number of nitrogens with zero attached hydrogens (tertiary/aromatic N) is 1. The van der Waals surface area contributed by atoms with E-state index in [1.165, 1.54) is 18.2 Å². The van der Waals surface area contributed by atoms with E-state index in [1.807, 2.05) is 0 Å². The molecule has 0 aromatic heterocycles. The fourth-order valence-electron chi connectivity index (χ4n) is 1.43. The van der Waals surface area contributed by atoms with Gasteiger partial charge in [-0.3, -0.25) is 0 Å². The Morgan fingerprint density at radius 3 is 2.70 bits per heavy atom. The van der Waals surface area contributed by atoms with Crippen molar-refractivity contribution in [2.24, 2.45) is 0 Å². The van der Waals surface area contributed by atoms with Crippen LogP contribution in [0.4, 0.5) is 8.78 Å². The quantitative estimate of drug-likeness (QED) is 0.834. The summed E-state index contributed by atoms with van der Waals surface area (Å²) in [5.74, 6) is 5.36. The molecule has 0 saturated carbocycles. The predicted molar refractivity (Wildman–Crippen MR) is 70.8 cm³/mol. The lowest BCUT2D eigenvalue weighted by atomic mass is 10.2. The Bertz CT molecular complexity index is 606. The number of hydrogen-bond donors (Lipinski definition) is 1. The summed E-state index contributed by atoms with van der Waals surface area (Å²) in [7, 11) is -2.85. The van der Waals surface area contributed by atoms with Crippen LogP contribution in [0.25, 0.3) is 0 Å². The molecule has 0 aliphatic carbocycles. The molecule has 0 atom stereocenters. The van der Waals surface area contributed by atoms with Gasteiger partial charge in [-0.15, -0.1) is 0 Å². The molecule has 7 heteroatoms. The second-order valence-electron chi connectivity index (χ2n) is 3.98. The molecule has 110 valence electrons. The minimum Gasteiger partial charge on any atom is -0.395 e. The third kappa shape index (κ3) is 4.56. The summed E-state index contributed by atoms with van der Waals surface area (Å²) >= 11 is 0. The number of sulfonamides is 1. The smallest absolute Gasteiger partial charge is 0.252 e. The molecule has 0 bridgehead atoms. The van der Waals surface area contributed by atoms with Crippen LogP contribution < -0.4 is 0 Å². The van der Waals surface area contributed by atoms with Crippen LogP contribution >= 0.6 is 0 Å². The molecule has 4 nitrogen and oxygen atoms in total. The number of rotatable bonds is 5. The summed E-state index contributed by atoms with van der Waals surface area (Å²) < 4.78 is 49.2. The largest absolute Gasteiger partial charge is 0.395 e. The molecule has 0 fully saturated rings. The number of halogens is 2. The zero-order valence-electron chi connectivity index (χ0n) is 10.9. The Morgan fingerprint density at radius 1 is 1.40 bits per heavy atom. The molecule has 20 heavy (non-hydrogen) atoms. The normalized spacial score (nSPS) is 11.5. The summed E-state index contributed by atoms with van der Waals surface area (Å²) in [5.41, 5.74) is 0.449. The summed E-state index contributed by atoms with van der Waals surface area (Å²) in [4.78, 5) is -0.0866. The van der Waals surface area contributed by atoms with Gasteiger partial charge in [0.25, 0.3) is 6.43 Å². The van der Waals surface area contributed by atoms with E-state index in [0.717, 1.165) is 7.05 Å². The van der Waals surface area contributed by atoms with Crippen LogP contribution in [-0.4, -0.2) is 44.5 Å². The first-order chi connectivity index (χ1) is 9.37. The highest BCUT2D eigenvalue weighted by atomic mass is 32.2. The minimum atomic E-state index is -3.95. The Morgan fingerprint density at radius 2 is 2.10 bits per heavy atom. The van der Waals surface area contributed by atoms with Crippen molar-refractivity contribution in [2.45, 2.75) is 17.7 Å². The molecule has 0 saturated heterocycles. The van der Waals surface area contributed by atoms with E-state index in [4.69, 9.17) is 5.11 Å². The Labute approximate surface area is 117 Å². The number of benzene rings is 1. The molecule has 0 amide bonds. The van der Waals surface area contributed by atoms with E-state index in [-0.39, 0.29) is 17.9 Å². The Kier molecular flexibility index (Phi) is 6.07. The molecule has 1 aromatic carbocycles. The first-order valence-corrected chi connectivity index (χ1v) is 7.26. The van der Waals surface area contributed by atoms with Gasteiger partial charge in [0, 0.05) is 19.0 Å². The summed E-state index contributed by atoms with van der Waals surface area (Å²) in [5, 5.41) is 8.61. The van der Waals surface area contributed by atoms with E-state index < -0.39 is 23.0 Å². The first-order valence-electron chi connectivity index (χ1n) is 5.82. The van der Waals surface area contributed by atoms with Crippen LogP contribution in [0.15, 0.2) is 29.2 Å². The van der Waals surface area contributed by atoms with Crippen molar-refractivity contribution in [3.63, 3.8) is 0 Å². The zero-order chi connectivity index (χ0) is 15.2. The van der Waals surface area contributed by atoms with Crippen molar-refractivity contribution in [3.8, 4) is 11.8 Å². The molecular formula is C13H15F2NO3S. The molecule has 0 aliphatic rings. The first kappa shape index (κ1) is 16.6. The van der Waals surface area contributed by atoms with Gasteiger partial charge in [0.05, 0.1) is 18.0 Å². The molecule has 0 radical (unpaired) electrons. The van der Waals surface area contributed by atoms with Crippen molar-refractivity contribution in [1.82, 2.24) is 4.31 Å². The number of hydrogen-bond acceptors (Lipinski definition) is 3. The molecule has 0 spiro atoms. The molecule has 1 aromatic rings. The molecule has 0 unspecified atom stereocenters. The summed E-state index contributed by atoms with van der Waals surface area (Å²) in [6, 6.07) is 5.75. The topological polar surface area (TPSA) is 57.6 Å². The van der Waals surface area contributed by atoms with Gasteiger partial charge < -0.3 is 5.11 Å². The Balaban J connectivity index is 3.02. The second-order valence-corrected chi connectivity index (χ2v) is 6.02. The molecule has 1 N–H and O–H groups in total. The lowest BCUT2D eigenvalue weighted by Crippen LogP contribution is -2.31. The summed E-state index contributed by atoms with van der Waals surface area (Å²) in [6.45, 7) is -0.940. The predicted octanol–water partition coefficient (Wildman–Crippen LogP) is 1.31. The van der Waals surface area contributed by atoms with Crippen molar-refractivity contribution in [1.29, 1.82) is 0 Å². The average molecular weight is 303 g/mol. The molecule has 1 rings (SSSR count). The Hall–Kier alpha value is -1.49. The third-order valence-electron chi connectivity index (χ3n) is 2.41.